The van der Waals surface area contributed by atoms with Crippen molar-refractivity contribution in [1.82, 2.24) is 0 Å². The molecule has 1 rings (SSSR count). The number of aryl methyl sites for hydroxylation is 1. The minimum atomic E-state index is -0.707. The van der Waals surface area contributed by atoms with Gasteiger partial charge in [0.25, 0.3) is 0 Å². The molecule has 1 N–H and O–H groups in total. The highest BCUT2D eigenvalue weighted by molar-refractivity contribution is 6.30. The summed E-state index contributed by atoms with van der Waals surface area (Å²) < 4.78 is 0. The van der Waals surface area contributed by atoms with Crippen LogP contribution in [-0.2, 0) is 11.2 Å². The molecule has 0 fully saturated rings. The number of carboxylic acids is 1. The highest BCUT2D eigenvalue weighted by atomic mass is 35.5. The number of halogens is 2. The molecule has 0 aliphatic carbocycles. The second kappa shape index (κ2) is 8.43. The summed E-state index contributed by atoms with van der Waals surface area (Å²) in [6.45, 7) is 0. The Morgan fingerprint density at radius 1 is 1.12 bits per heavy atom. The van der Waals surface area contributed by atoms with Gasteiger partial charge in [0, 0.05) is 11.4 Å². The molecular formula is C12H16Cl2O2. The summed E-state index contributed by atoms with van der Waals surface area (Å²) in [6, 6.07) is 7.79. The third kappa shape index (κ3) is 6.70. The van der Waals surface area contributed by atoms with E-state index in [0.717, 1.165) is 30.7 Å². The van der Waals surface area contributed by atoms with E-state index in [9.17, 15) is 4.79 Å². The smallest absolute Gasteiger partial charge is 0.303 e. The van der Waals surface area contributed by atoms with Gasteiger partial charge in [-0.25, -0.2) is 0 Å². The third-order valence-corrected chi connectivity index (χ3v) is 2.52. The van der Waals surface area contributed by atoms with Gasteiger partial charge in [-0.3, -0.25) is 4.79 Å². The number of rotatable bonds is 6. The lowest BCUT2D eigenvalue weighted by atomic mass is 10.1. The van der Waals surface area contributed by atoms with Gasteiger partial charge in [0.05, 0.1) is 0 Å². The quantitative estimate of drug-likeness (QED) is 0.789. The van der Waals surface area contributed by atoms with Crippen LogP contribution in [0.15, 0.2) is 24.3 Å². The van der Waals surface area contributed by atoms with E-state index in [4.69, 9.17) is 16.7 Å². The van der Waals surface area contributed by atoms with E-state index < -0.39 is 5.97 Å². The molecule has 0 radical (unpaired) electrons. The summed E-state index contributed by atoms with van der Waals surface area (Å²) in [5.74, 6) is -0.707. The molecule has 0 heterocycles. The van der Waals surface area contributed by atoms with Crippen molar-refractivity contribution in [3.05, 3.63) is 34.9 Å². The summed E-state index contributed by atoms with van der Waals surface area (Å²) in [6.07, 6.45) is 4.05. The van der Waals surface area contributed by atoms with E-state index in [-0.39, 0.29) is 18.8 Å². The van der Waals surface area contributed by atoms with Crippen molar-refractivity contribution in [1.29, 1.82) is 0 Å². The van der Waals surface area contributed by atoms with Crippen molar-refractivity contribution in [2.45, 2.75) is 32.1 Å². The lowest BCUT2D eigenvalue weighted by Crippen LogP contribution is -1.94. The molecule has 1 aromatic rings. The average Bonchev–Trinajstić information content (AvgIpc) is 2.20. The molecule has 0 amide bonds. The van der Waals surface area contributed by atoms with Crippen LogP contribution < -0.4 is 0 Å². The normalized spacial score (nSPS) is 9.56. The molecule has 1 aromatic carbocycles. The molecule has 0 spiro atoms. The Morgan fingerprint density at radius 2 is 1.75 bits per heavy atom. The Bertz CT molecular complexity index is 309. The molecule has 0 aliphatic heterocycles. The van der Waals surface area contributed by atoms with Gasteiger partial charge < -0.3 is 5.11 Å². The van der Waals surface area contributed by atoms with E-state index in [1.165, 1.54) is 5.56 Å². The molecule has 4 heteroatoms. The van der Waals surface area contributed by atoms with Crippen LogP contribution in [0, 0.1) is 0 Å². The lowest BCUT2D eigenvalue weighted by Gasteiger charge is -2.00. The maximum absolute atomic E-state index is 10.3. The van der Waals surface area contributed by atoms with Crippen molar-refractivity contribution in [2.24, 2.45) is 0 Å². The molecule has 0 saturated heterocycles. The van der Waals surface area contributed by atoms with Crippen LogP contribution in [0.5, 0.6) is 0 Å². The van der Waals surface area contributed by atoms with E-state index in [1.54, 1.807) is 0 Å². The number of unbranched alkanes of at least 4 members (excludes halogenated alkanes) is 2. The van der Waals surface area contributed by atoms with Gasteiger partial charge in [-0.05, 0) is 37.0 Å². The number of carbonyl (C=O) groups is 1. The van der Waals surface area contributed by atoms with Crippen LogP contribution in [-0.4, -0.2) is 11.1 Å². The van der Waals surface area contributed by atoms with E-state index >= 15 is 0 Å². The van der Waals surface area contributed by atoms with Gasteiger partial charge in [0.2, 0.25) is 0 Å². The lowest BCUT2D eigenvalue weighted by molar-refractivity contribution is -0.137. The van der Waals surface area contributed by atoms with E-state index in [2.05, 4.69) is 0 Å². The maximum atomic E-state index is 10.3. The second-order valence-electron chi connectivity index (χ2n) is 3.58. The summed E-state index contributed by atoms with van der Waals surface area (Å²) in [5.41, 5.74) is 1.26. The van der Waals surface area contributed by atoms with Crippen LogP contribution in [0.1, 0.15) is 31.2 Å². The number of hydrogen-bond donors (Lipinski definition) is 1. The first-order valence-corrected chi connectivity index (χ1v) is 5.52. The molecule has 0 saturated carbocycles. The monoisotopic (exact) mass is 262 g/mol. The van der Waals surface area contributed by atoms with Gasteiger partial charge in [0.1, 0.15) is 0 Å². The SMILES string of the molecule is Cl.O=C(O)CCCCCc1ccc(Cl)cc1. The predicted molar refractivity (Wildman–Crippen MR) is 68.5 cm³/mol. The number of carboxylic acid groups (broad SMARTS) is 1. The number of aliphatic carboxylic acids is 1. The molecule has 0 atom stereocenters. The van der Waals surface area contributed by atoms with Crippen molar-refractivity contribution in [2.75, 3.05) is 0 Å². The molecular weight excluding hydrogens is 247 g/mol. The minimum Gasteiger partial charge on any atom is -0.481 e. The summed E-state index contributed by atoms with van der Waals surface area (Å²) in [7, 11) is 0. The highest BCUT2D eigenvalue weighted by Crippen LogP contribution is 2.12. The molecule has 0 unspecified atom stereocenters. The van der Waals surface area contributed by atoms with Crippen molar-refractivity contribution >= 4 is 30.0 Å². The Morgan fingerprint density at radius 3 is 2.31 bits per heavy atom. The maximum Gasteiger partial charge on any atom is 0.303 e. The minimum absolute atomic E-state index is 0. The summed E-state index contributed by atoms with van der Waals surface area (Å²) in [5, 5.41) is 9.20. The Hall–Kier alpha value is -0.730. The Balaban J connectivity index is 0.00000225. The fraction of sp³-hybridized carbons (Fsp3) is 0.417. The highest BCUT2D eigenvalue weighted by Gasteiger charge is 1.97. The fourth-order valence-corrected chi connectivity index (χ4v) is 1.56. The Kier molecular flexibility index (Phi) is 8.04. The zero-order chi connectivity index (χ0) is 11.1. The van der Waals surface area contributed by atoms with Crippen molar-refractivity contribution < 1.29 is 9.90 Å². The molecule has 16 heavy (non-hydrogen) atoms. The summed E-state index contributed by atoms with van der Waals surface area (Å²) in [4.78, 5) is 10.3. The second-order valence-corrected chi connectivity index (χ2v) is 4.02. The van der Waals surface area contributed by atoms with Gasteiger partial charge in [-0.2, -0.15) is 0 Å². The predicted octanol–water partition coefficient (Wildman–Crippen LogP) is 3.95. The zero-order valence-electron chi connectivity index (χ0n) is 8.99. The van der Waals surface area contributed by atoms with Crippen LogP contribution in [0.4, 0.5) is 0 Å². The first kappa shape index (κ1) is 15.3. The molecule has 0 aromatic heterocycles. The van der Waals surface area contributed by atoms with Gasteiger partial charge in [0.15, 0.2) is 0 Å². The number of hydrogen-bond acceptors (Lipinski definition) is 1. The topological polar surface area (TPSA) is 37.3 Å². The molecule has 90 valence electrons. The summed E-state index contributed by atoms with van der Waals surface area (Å²) >= 11 is 5.77. The largest absolute Gasteiger partial charge is 0.481 e. The van der Waals surface area contributed by atoms with Crippen LogP contribution in [0.2, 0.25) is 5.02 Å². The number of benzene rings is 1. The molecule has 0 aliphatic rings. The molecule has 2 nitrogen and oxygen atoms in total. The standard InChI is InChI=1S/C12H15ClO2.ClH/c13-11-8-6-10(7-9-11)4-2-1-3-5-12(14)15;/h6-9H,1-5H2,(H,14,15);1H. The first-order valence-electron chi connectivity index (χ1n) is 5.15. The van der Waals surface area contributed by atoms with E-state index in [1.807, 2.05) is 24.3 Å². The van der Waals surface area contributed by atoms with Crippen molar-refractivity contribution in [3.8, 4) is 0 Å². The van der Waals surface area contributed by atoms with Crippen LogP contribution in [0.3, 0.4) is 0 Å². The third-order valence-electron chi connectivity index (χ3n) is 2.27. The van der Waals surface area contributed by atoms with Gasteiger partial charge in [-0.15, -0.1) is 12.4 Å². The molecule has 0 bridgehead atoms. The first-order chi connectivity index (χ1) is 7.18. The van der Waals surface area contributed by atoms with Gasteiger partial charge in [-0.1, -0.05) is 30.2 Å². The fourth-order valence-electron chi connectivity index (χ4n) is 1.43. The van der Waals surface area contributed by atoms with E-state index in [0.29, 0.717) is 0 Å². The van der Waals surface area contributed by atoms with Crippen molar-refractivity contribution in [3.63, 3.8) is 0 Å². The van der Waals surface area contributed by atoms with Gasteiger partial charge >= 0.3 is 5.97 Å². The van der Waals surface area contributed by atoms with Crippen LogP contribution >= 0.6 is 24.0 Å². The Labute approximate surface area is 107 Å². The average molecular weight is 263 g/mol. The van der Waals surface area contributed by atoms with Crippen LogP contribution in [0.25, 0.3) is 0 Å². The zero-order valence-corrected chi connectivity index (χ0v) is 10.6.